The summed E-state index contributed by atoms with van der Waals surface area (Å²) in [5, 5.41) is 14.1. The zero-order chi connectivity index (χ0) is 23.2. The topological polar surface area (TPSA) is 118 Å². The third-order valence-electron chi connectivity index (χ3n) is 3.88. The minimum atomic E-state index is -0.657. The number of benzene rings is 2. The van der Waals surface area contributed by atoms with E-state index >= 15 is 0 Å². The number of hydrogen-bond donors (Lipinski definition) is 2. The van der Waals surface area contributed by atoms with Gasteiger partial charge in [0, 0.05) is 23.4 Å². The van der Waals surface area contributed by atoms with Gasteiger partial charge in [0.2, 0.25) is 5.91 Å². The van der Waals surface area contributed by atoms with E-state index in [2.05, 4.69) is 10.6 Å². The van der Waals surface area contributed by atoms with Gasteiger partial charge in [0.15, 0.2) is 6.61 Å². The highest BCUT2D eigenvalue weighted by molar-refractivity contribution is 8.00. The minimum Gasteiger partial charge on any atom is -0.452 e. The van der Waals surface area contributed by atoms with Gasteiger partial charge in [0.25, 0.3) is 5.91 Å². The number of nitrogens with one attached hydrogen (secondary N) is 2. The van der Waals surface area contributed by atoms with Crippen molar-refractivity contribution in [3.63, 3.8) is 0 Å². The molecule has 2 aromatic rings. The number of ether oxygens (including phenoxy) is 2. The Balaban J connectivity index is 1.90. The van der Waals surface area contributed by atoms with E-state index in [-0.39, 0.29) is 23.0 Å². The van der Waals surface area contributed by atoms with Gasteiger partial charge in [-0.05, 0) is 24.3 Å². The maximum atomic E-state index is 12.5. The quantitative estimate of drug-likeness (QED) is 0.274. The Morgan fingerprint density at radius 2 is 1.72 bits per heavy atom. The second-order valence-corrected chi connectivity index (χ2v) is 8.23. The first-order chi connectivity index (χ1) is 15.5. The Morgan fingerprint density at radius 1 is 1.00 bits per heavy atom. The number of nitrogens with zero attached hydrogens (tertiary/aromatic N) is 1. The van der Waals surface area contributed by atoms with E-state index in [1.807, 2.05) is 12.1 Å². The molecule has 0 radical (unpaired) electrons. The molecule has 10 heteroatoms. The van der Waals surface area contributed by atoms with Crippen molar-refractivity contribution < 1.29 is 23.9 Å². The highest BCUT2D eigenvalue weighted by atomic mass is 32.2. The lowest BCUT2D eigenvalue weighted by molar-refractivity contribution is -0.119. The first-order valence-electron chi connectivity index (χ1n) is 9.58. The minimum absolute atomic E-state index is 0.131. The summed E-state index contributed by atoms with van der Waals surface area (Å²) < 4.78 is 10.1. The van der Waals surface area contributed by atoms with E-state index in [1.54, 1.807) is 49.6 Å². The number of para-hydroxylation sites is 1. The molecule has 0 aromatic heterocycles. The van der Waals surface area contributed by atoms with Crippen molar-refractivity contribution >= 4 is 47.0 Å². The zero-order valence-corrected chi connectivity index (χ0v) is 19.1. The van der Waals surface area contributed by atoms with E-state index in [1.165, 1.54) is 23.5 Å². The molecule has 0 aliphatic rings. The van der Waals surface area contributed by atoms with Crippen LogP contribution in [0.5, 0.6) is 0 Å². The fourth-order valence-electron chi connectivity index (χ4n) is 2.45. The maximum Gasteiger partial charge on any atom is 0.339 e. The molecule has 0 saturated carbocycles. The van der Waals surface area contributed by atoms with Crippen LogP contribution in [0, 0.1) is 11.3 Å². The van der Waals surface area contributed by atoms with Gasteiger partial charge in [-0.1, -0.05) is 24.3 Å². The Hall–Kier alpha value is -3.00. The molecule has 0 saturated heterocycles. The normalized spacial score (nSPS) is 10.1. The van der Waals surface area contributed by atoms with E-state index in [0.717, 1.165) is 4.90 Å². The number of esters is 1. The van der Waals surface area contributed by atoms with Crippen LogP contribution in [-0.4, -0.2) is 56.2 Å². The van der Waals surface area contributed by atoms with Gasteiger partial charge < -0.3 is 20.1 Å². The molecule has 8 nitrogen and oxygen atoms in total. The number of anilines is 1. The number of nitriles is 1. The Morgan fingerprint density at radius 3 is 2.47 bits per heavy atom. The number of hydrogen-bond acceptors (Lipinski definition) is 8. The largest absolute Gasteiger partial charge is 0.452 e. The summed E-state index contributed by atoms with van der Waals surface area (Å²) in [5.74, 6) is -0.949. The van der Waals surface area contributed by atoms with Crippen LogP contribution in [0.25, 0.3) is 0 Å². The molecular formula is C22H23N3O5S2. The monoisotopic (exact) mass is 473 g/mol. The Bertz CT molecular complexity index is 978. The van der Waals surface area contributed by atoms with Crippen LogP contribution < -0.4 is 10.6 Å². The lowest BCUT2D eigenvalue weighted by Gasteiger charge is -2.11. The van der Waals surface area contributed by atoms with Crippen LogP contribution in [-0.2, 0) is 19.1 Å². The van der Waals surface area contributed by atoms with Gasteiger partial charge in [0.05, 0.1) is 35.4 Å². The summed E-state index contributed by atoms with van der Waals surface area (Å²) >= 11 is 2.50. The molecule has 32 heavy (non-hydrogen) atoms. The number of carbonyl (C=O) groups is 3. The van der Waals surface area contributed by atoms with Crippen LogP contribution in [0.1, 0.15) is 10.4 Å². The molecule has 2 aromatic carbocycles. The number of rotatable bonds is 12. The number of carbonyl (C=O) groups excluding carboxylic acids is 3. The lowest BCUT2D eigenvalue weighted by atomic mass is 10.2. The molecule has 0 heterocycles. The van der Waals surface area contributed by atoms with Crippen molar-refractivity contribution in [1.29, 1.82) is 5.26 Å². The summed E-state index contributed by atoms with van der Waals surface area (Å²) in [6.45, 7) is 0.363. The second kappa shape index (κ2) is 14.1. The van der Waals surface area contributed by atoms with E-state index < -0.39 is 18.5 Å². The first kappa shape index (κ1) is 25.3. The number of thioether (sulfide) groups is 2. The zero-order valence-electron chi connectivity index (χ0n) is 17.5. The molecule has 2 amide bonds. The third kappa shape index (κ3) is 8.63. The average Bonchev–Trinajstić information content (AvgIpc) is 2.81. The predicted octanol–water partition coefficient (Wildman–Crippen LogP) is 2.95. The molecule has 0 unspecified atom stereocenters. The molecule has 0 aliphatic carbocycles. The van der Waals surface area contributed by atoms with Crippen LogP contribution in [0.15, 0.2) is 58.3 Å². The van der Waals surface area contributed by atoms with E-state index in [0.29, 0.717) is 23.7 Å². The van der Waals surface area contributed by atoms with Gasteiger partial charge in [-0.15, -0.1) is 23.5 Å². The molecular weight excluding hydrogens is 450 g/mol. The number of methoxy groups -OCH3 is 1. The maximum absolute atomic E-state index is 12.5. The highest BCUT2D eigenvalue weighted by Crippen LogP contribution is 2.26. The van der Waals surface area contributed by atoms with Crippen LogP contribution >= 0.6 is 23.5 Å². The Labute approximate surface area is 195 Å². The summed E-state index contributed by atoms with van der Waals surface area (Å²) in [5.41, 5.74) is 0.823. The SMILES string of the molecule is COCCNC(=O)CSc1ccccc1C(=O)OCC(=O)Nc1ccccc1SCC#N. The summed E-state index contributed by atoms with van der Waals surface area (Å²) in [6.07, 6.45) is 0. The van der Waals surface area contributed by atoms with Gasteiger partial charge in [-0.3, -0.25) is 9.59 Å². The summed E-state index contributed by atoms with van der Waals surface area (Å²) in [7, 11) is 1.55. The second-order valence-electron chi connectivity index (χ2n) is 6.19. The van der Waals surface area contributed by atoms with Crippen molar-refractivity contribution in [2.24, 2.45) is 0 Å². The average molecular weight is 474 g/mol. The van der Waals surface area contributed by atoms with Crippen molar-refractivity contribution in [2.45, 2.75) is 9.79 Å². The molecule has 0 spiro atoms. The number of amides is 2. The van der Waals surface area contributed by atoms with Gasteiger partial charge in [-0.25, -0.2) is 4.79 Å². The van der Waals surface area contributed by atoms with E-state index in [9.17, 15) is 14.4 Å². The van der Waals surface area contributed by atoms with Crippen LogP contribution in [0.4, 0.5) is 5.69 Å². The molecule has 0 aliphatic heterocycles. The van der Waals surface area contributed by atoms with Gasteiger partial charge in [-0.2, -0.15) is 5.26 Å². The molecule has 168 valence electrons. The fourth-order valence-corrected chi connectivity index (χ4v) is 3.99. The molecule has 2 N–H and O–H groups in total. The fraction of sp³-hybridized carbons (Fsp3) is 0.273. The van der Waals surface area contributed by atoms with Crippen LogP contribution in [0.2, 0.25) is 0 Å². The molecule has 0 bridgehead atoms. The molecule has 0 fully saturated rings. The first-order valence-corrected chi connectivity index (χ1v) is 11.6. The van der Waals surface area contributed by atoms with Gasteiger partial charge in [0.1, 0.15) is 0 Å². The summed E-state index contributed by atoms with van der Waals surface area (Å²) in [6, 6.07) is 15.8. The van der Waals surface area contributed by atoms with Crippen molar-refractivity contribution in [1.82, 2.24) is 5.32 Å². The Kier molecular flexibility index (Phi) is 11.2. The highest BCUT2D eigenvalue weighted by Gasteiger charge is 2.16. The standard InChI is InChI=1S/C22H23N3O5S2/c1-29-12-11-24-21(27)15-32-18-8-4-2-6-16(18)22(28)30-14-20(26)25-17-7-3-5-9-19(17)31-13-10-23/h2-9H,11-15H2,1H3,(H,24,27)(H,25,26). The van der Waals surface area contributed by atoms with Crippen molar-refractivity contribution in [3.05, 3.63) is 54.1 Å². The molecule has 2 rings (SSSR count). The summed E-state index contributed by atoms with van der Waals surface area (Å²) in [4.78, 5) is 38.0. The molecule has 0 atom stereocenters. The lowest BCUT2D eigenvalue weighted by Crippen LogP contribution is -2.28. The van der Waals surface area contributed by atoms with Crippen LogP contribution in [0.3, 0.4) is 0 Å². The van der Waals surface area contributed by atoms with E-state index in [4.69, 9.17) is 14.7 Å². The van der Waals surface area contributed by atoms with Gasteiger partial charge >= 0.3 is 5.97 Å². The third-order valence-corrected chi connectivity index (χ3v) is 5.90. The van der Waals surface area contributed by atoms with Crippen molar-refractivity contribution in [2.75, 3.05) is 43.7 Å². The smallest absolute Gasteiger partial charge is 0.339 e. The van der Waals surface area contributed by atoms with Crippen molar-refractivity contribution in [3.8, 4) is 6.07 Å². The predicted molar refractivity (Wildman–Crippen MR) is 124 cm³/mol.